The van der Waals surface area contributed by atoms with Crippen molar-refractivity contribution in [3.63, 3.8) is 0 Å². The van der Waals surface area contributed by atoms with E-state index in [2.05, 4.69) is 59.9 Å². The highest BCUT2D eigenvalue weighted by Gasteiger charge is 2.38. The molecule has 3 aromatic carbocycles. The summed E-state index contributed by atoms with van der Waals surface area (Å²) in [5.74, 6) is -0.214. The van der Waals surface area contributed by atoms with Gasteiger partial charge in [-0.15, -0.1) is 0 Å². The lowest BCUT2D eigenvalue weighted by Gasteiger charge is -2.38. The van der Waals surface area contributed by atoms with Crippen LogP contribution in [-0.4, -0.2) is 11.1 Å². The first kappa shape index (κ1) is 15.2. The molecule has 3 atom stereocenters. The van der Waals surface area contributed by atoms with Crippen molar-refractivity contribution in [2.45, 2.75) is 18.4 Å². The second-order valence-electron chi connectivity index (χ2n) is 7.15. The Morgan fingerprint density at radius 3 is 2.73 bits per heavy atom. The zero-order chi connectivity index (χ0) is 17.7. The smallest absolute Gasteiger partial charge is 0.335 e. The molecule has 1 aliphatic carbocycles. The van der Waals surface area contributed by atoms with Crippen molar-refractivity contribution in [3.05, 3.63) is 89.5 Å². The molecule has 1 heterocycles. The molecule has 0 saturated heterocycles. The number of carboxylic acids is 1. The van der Waals surface area contributed by atoms with Crippen LogP contribution in [0.5, 0.6) is 0 Å². The molecule has 0 aromatic heterocycles. The number of benzene rings is 3. The second kappa shape index (κ2) is 5.73. The van der Waals surface area contributed by atoms with Crippen LogP contribution in [0.25, 0.3) is 10.8 Å². The summed E-state index contributed by atoms with van der Waals surface area (Å²) >= 11 is 0. The number of hydrogen-bond acceptors (Lipinski definition) is 2. The summed E-state index contributed by atoms with van der Waals surface area (Å²) in [5.41, 5.74) is 3.81. The summed E-state index contributed by atoms with van der Waals surface area (Å²) in [6.45, 7) is 0. The lowest BCUT2D eigenvalue weighted by atomic mass is 9.76. The maximum absolute atomic E-state index is 11.4. The van der Waals surface area contributed by atoms with Gasteiger partial charge in [0.25, 0.3) is 0 Å². The van der Waals surface area contributed by atoms with Crippen LogP contribution in [-0.2, 0) is 0 Å². The van der Waals surface area contributed by atoms with Gasteiger partial charge in [-0.3, -0.25) is 0 Å². The Kier molecular flexibility index (Phi) is 3.35. The topological polar surface area (TPSA) is 49.3 Å². The Balaban J connectivity index is 1.65. The van der Waals surface area contributed by atoms with Crippen LogP contribution in [0.3, 0.4) is 0 Å². The van der Waals surface area contributed by atoms with Gasteiger partial charge in [0.05, 0.1) is 11.6 Å². The molecule has 2 aliphatic rings. The largest absolute Gasteiger partial charge is 0.478 e. The minimum Gasteiger partial charge on any atom is -0.478 e. The van der Waals surface area contributed by atoms with Gasteiger partial charge in [0.1, 0.15) is 0 Å². The van der Waals surface area contributed by atoms with Gasteiger partial charge in [-0.1, -0.05) is 54.6 Å². The van der Waals surface area contributed by atoms with E-state index in [0.717, 1.165) is 17.7 Å². The van der Waals surface area contributed by atoms with Crippen molar-refractivity contribution in [1.82, 2.24) is 0 Å². The van der Waals surface area contributed by atoms with Crippen LogP contribution < -0.4 is 5.32 Å². The number of allylic oxidation sites excluding steroid dienone is 2. The fraction of sp³-hybridized carbons (Fsp3) is 0.174. The van der Waals surface area contributed by atoms with E-state index in [1.807, 2.05) is 12.1 Å². The molecule has 0 radical (unpaired) electrons. The summed E-state index contributed by atoms with van der Waals surface area (Å²) < 4.78 is 0. The highest BCUT2D eigenvalue weighted by molar-refractivity contribution is 5.89. The quantitative estimate of drug-likeness (QED) is 0.617. The third-order valence-electron chi connectivity index (χ3n) is 5.77. The average molecular weight is 341 g/mol. The fourth-order valence-corrected chi connectivity index (χ4v) is 4.56. The molecule has 3 aromatic rings. The maximum Gasteiger partial charge on any atom is 0.335 e. The summed E-state index contributed by atoms with van der Waals surface area (Å²) in [5, 5.41) is 15.6. The molecule has 0 fully saturated rings. The third kappa shape index (κ3) is 2.24. The zero-order valence-corrected chi connectivity index (χ0v) is 14.2. The van der Waals surface area contributed by atoms with Gasteiger partial charge in [0.15, 0.2) is 0 Å². The minimum atomic E-state index is -0.873. The summed E-state index contributed by atoms with van der Waals surface area (Å²) in [6.07, 6.45) is 5.48. The molecule has 0 unspecified atom stereocenters. The van der Waals surface area contributed by atoms with Crippen molar-refractivity contribution >= 4 is 22.4 Å². The highest BCUT2D eigenvalue weighted by atomic mass is 16.4. The number of aromatic carboxylic acids is 1. The van der Waals surface area contributed by atoms with Crippen LogP contribution in [0, 0.1) is 5.92 Å². The molecule has 0 saturated carbocycles. The molecule has 128 valence electrons. The maximum atomic E-state index is 11.4. The van der Waals surface area contributed by atoms with Gasteiger partial charge in [-0.05, 0) is 52.4 Å². The Labute approximate surface area is 152 Å². The van der Waals surface area contributed by atoms with Gasteiger partial charge >= 0.3 is 5.97 Å². The van der Waals surface area contributed by atoms with E-state index in [-0.39, 0.29) is 12.0 Å². The van der Waals surface area contributed by atoms with Crippen molar-refractivity contribution < 1.29 is 9.90 Å². The summed E-state index contributed by atoms with van der Waals surface area (Å²) in [4.78, 5) is 11.4. The standard InChI is InChI=1S/C23H19NO2/c25-23(26)15-11-12-21-20(13-15)17-8-4-10-19(17)22(24-21)18-9-3-6-14-5-1-2-7-16(14)18/h1-9,11-13,17,19,22,24H,10H2,(H,25,26)/t17-,19+,22-/m0/s1. The van der Waals surface area contributed by atoms with Gasteiger partial charge in [0.2, 0.25) is 0 Å². The van der Waals surface area contributed by atoms with Crippen molar-refractivity contribution in [2.24, 2.45) is 5.92 Å². The minimum absolute atomic E-state index is 0.212. The number of rotatable bonds is 2. The first-order valence-electron chi connectivity index (χ1n) is 9.00. The average Bonchev–Trinajstić information content (AvgIpc) is 3.16. The van der Waals surface area contributed by atoms with E-state index < -0.39 is 5.97 Å². The van der Waals surface area contributed by atoms with Crippen LogP contribution >= 0.6 is 0 Å². The molecule has 3 heteroatoms. The van der Waals surface area contributed by atoms with Crippen molar-refractivity contribution in [2.75, 3.05) is 5.32 Å². The van der Waals surface area contributed by atoms with Gasteiger partial charge in [-0.25, -0.2) is 4.79 Å². The van der Waals surface area contributed by atoms with Gasteiger partial charge < -0.3 is 10.4 Å². The number of fused-ring (bicyclic) bond motifs is 4. The van der Waals surface area contributed by atoms with E-state index in [4.69, 9.17) is 0 Å². The molecule has 0 spiro atoms. The molecule has 0 amide bonds. The van der Waals surface area contributed by atoms with Crippen LogP contribution in [0.2, 0.25) is 0 Å². The number of nitrogens with one attached hydrogen (secondary N) is 1. The van der Waals surface area contributed by atoms with Gasteiger partial charge in [-0.2, -0.15) is 0 Å². The normalized spacial score (nSPS) is 23.3. The van der Waals surface area contributed by atoms with Crippen molar-refractivity contribution in [3.8, 4) is 0 Å². The highest BCUT2D eigenvalue weighted by Crippen LogP contribution is 2.50. The van der Waals surface area contributed by atoms with E-state index in [9.17, 15) is 9.90 Å². The number of anilines is 1. The predicted molar refractivity (Wildman–Crippen MR) is 104 cm³/mol. The SMILES string of the molecule is O=C(O)c1ccc2c(c1)[C@H]1C=CC[C@H]1[C@H](c1cccc3ccccc13)N2. The predicted octanol–water partition coefficient (Wildman–Crippen LogP) is 5.36. The molecule has 5 rings (SSSR count). The summed E-state index contributed by atoms with van der Waals surface area (Å²) in [6, 6.07) is 20.6. The number of hydrogen-bond donors (Lipinski definition) is 2. The first-order chi connectivity index (χ1) is 12.7. The zero-order valence-electron chi connectivity index (χ0n) is 14.2. The monoisotopic (exact) mass is 341 g/mol. The summed E-state index contributed by atoms with van der Waals surface area (Å²) in [7, 11) is 0. The molecular formula is C23H19NO2. The van der Waals surface area contributed by atoms with E-state index >= 15 is 0 Å². The van der Waals surface area contributed by atoms with E-state index in [1.165, 1.54) is 16.3 Å². The Morgan fingerprint density at radius 1 is 1.00 bits per heavy atom. The Hall–Kier alpha value is -3.07. The Bertz CT molecular complexity index is 1050. The van der Waals surface area contributed by atoms with E-state index in [1.54, 1.807) is 6.07 Å². The van der Waals surface area contributed by atoms with Gasteiger partial charge in [0, 0.05) is 11.6 Å². The lowest BCUT2D eigenvalue weighted by Crippen LogP contribution is -2.29. The van der Waals surface area contributed by atoms with Crippen LogP contribution in [0.1, 0.15) is 39.9 Å². The lowest BCUT2D eigenvalue weighted by molar-refractivity contribution is 0.0696. The first-order valence-corrected chi connectivity index (χ1v) is 9.00. The molecule has 3 nitrogen and oxygen atoms in total. The fourth-order valence-electron chi connectivity index (χ4n) is 4.56. The van der Waals surface area contributed by atoms with E-state index in [0.29, 0.717) is 11.5 Å². The van der Waals surface area contributed by atoms with Crippen LogP contribution in [0.4, 0.5) is 5.69 Å². The van der Waals surface area contributed by atoms with Crippen LogP contribution in [0.15, 0.2) is 72.8 Å². The number of carbonyl (C=O) groups is 1. The number of carboxylic acid groups (broad SMARTS) is 1. The molecule has 26 heavy (non-hydrogen) atoms. The molecular weight excluding hydrogens is 322 g/mol. The Morgan fingerprint density at radius 2 is 1.85 bits per heavy atom. The molecule has 0 bridgehead atoms. The molecule has 1 aliphatic heterocycles. The second-order valence-corrected chi connectivity index (χ2v) is 7.15. The molecule has 2 N–H and O–H groups in total. The third-order valence-corrected chi connectivity index (χ3v) is 5.77. The van der Waals surface area contributed by atoms with Crippen molar-refractivity contribution in [1.29, 1.82) is 0 Å².